The van der Waals surface area contributed by atoms with E-state index in [2.05, 4.69) is 39.0 Å². The van der Waals surface area contributed by atoms with Crippen LogP contribution in [0.4, 0.5) is 0 Å². The van der Waals surface area contributed by atoms with E-state index in [9.17, 15) is 4.91 Å². The lowest BCUT2D eigenvalue weighted by molar-refractivity contribution is 0.492. The van der Waals surface area contributed by atoms with Gasteiger partial charge < -0.3 is 4.43 Å². The normalized spacial score (nSPS) is 12.3. The number of nitroso groups, excluding NO2 is 1. The van der Waals surface area contributed by atoms with Crippen molar-refractivity contribution < 1.29 is 4.43 Å². The maximum absolute atomic E-state index is 10.1. The van der Waals surface area contributed by atoms with Crippen molar-refractivity contribution in [3.63, 3.8) is 0 Å². The third kappa shape index (κ3) is 3.66. The largest absolute Gasteiger partial charge is 0.544 e. The first-order valence-corrected chi connectivity index (χ1v) is 8.74. The zero-order valence-electron chi connectivity index (χ0n) is 11.3. The predicted molar refractivity (Wildman–Crippen MR) is 73.8 cm³/mol. The van der Waals surface area contributed by atoms with E-state index in [1.165, 1.54) is 0 Å². The van der Waals surface area contributed by atoms with Crippen LogP contribution in [-0.2, 0) is 6.54 Å². The SMILES string of the molecule is CC(C)(C)[Si](C)(C)Oc1ccc(CN=O)cc1. The topological polar surface area (TPSA) is 38.7 Å². The molecule has 0 N–H and O–H groups in total. The molecule has 0 radical (unpaired) electrons. The van der Waals surface area contributed by atoms with Crippen molar-refractivity contribution >= 4 is 8.32 Å². The van der Waals surface area contributed by atoms with Gasteiger partial charge in [0.2, 0.25) is 8.32 Å². The van der Waals surface area contributed by atoms with Gasteiger partial charge in [0.15, 0.2) is 0 Å². The molecule has 17 heavy (non-hydrogen) atoms. The molecule has 0 fully saturated rings. The van der Waals surface area contributed by atoms with Crippen LogP contribution in [0.25, 0.3) is 0 Å². The van der Waals surface area contributed by atoms with Crippen molar-refractivity contribution in [2.45, 2.75) is 45.4 Å². The Balaban J connectivity index is 2.79. The van der Waals surface area contributed by atoms with Crippen molar-refractivity contribution in [2.24, 2.45) is 5.18 Å². The molecule has 3 nitrogen and oxygen atoms in total. The summed E-state index contributed by atoms with van der Waals surface area (Å²) in [4.78, 5) is 10.1. The number of benzene rings is 1. The van der Waals surface area contributed by atoms with Crippen LogP contribution in [0.1, 0.15) is 26.3 Å². The van der Waals surface area contributed by atoms with Gasteiger partial charge in [-0.05, 0) is 35.8 Å². The van der Waals surface area contributed by atoms with Crippen LogP contribution in [0.2, 0.25) is 18.1 Å². The molecule has 0 heterocycles. The van der Waals surface area contributed by atoms with Gasteiger partial charge in [0.1, 0.15) is 12.3 Å². The Labute approximate surface area is 104 Å². The lowest BCUT2D eigenvalue weighted by atomic mass is 10.2. The molecule has 0 bridgehead atoms. The van der Waals surface area contributed by atoms with E-state index in [-0.39, 0.29) is 11.6 Å². The molecule has 0 saturated heterocycles. The zero-order chi connectivity index (χ0) is 13.1. The van der Waals surface area contributed by atoms with E-state index in [0.717, 1.165) is 11.3 Å². The minimum Gasteiger partial charge on any atom is -0.544 e. The van der Waals surface area contributed by atoms with Gasteiger partial charge in [0, 0.05) is 0 Å². The molecule has 0 unspecified atom stereocenters. The van der Waals surface area contributed by atoms with Crippen LogP contribution >= 0.6 is 0 Å². The molecule has 1 aromatic carbocycles. The summed E-state index contributed by atoms with van der Waals surface area (Å²) in [5.41, 5.74) is 0.919. The third-order valence-electron chi connectivity index (χ3n) is 3.35. The zero-order valence-corrected chi connectivity index (χ0v) is 12.3. The van der Waals surface area contributed by atoms with Crippen molar-refractivity contribution in [1.29, 1.82) is 0 Å². The molecule has 94 valence electrons. The van der Waals surface area contributed by atoms with Crippen LogP contribution in [0, 0.1) is 4.91 Å². The Hall–Kier alpha value is -1.16. The minimum atomic E-state index is -1.77. The number of nitrogens with zero attached hydrogens (tertiary/aromatic N) is 1. The maximum Gasteiger partial charge on any atom is 0.250 e. The number of hydrogen-bond donors (Lipinski definition) is 0. The van der Waals surface area contributed by atoms with E-state index in [4.69, 9.17) is 4.43 Å². The van der Waals surface area contributed by atoms with Gasteiger partial charge in [-0.2, -0.15) is 4.91 Å². The molecule has 0 aliphatic carbocycles. The Kier molecular flexibility index (Phi) is 4.09. The summed E-state index contributed by atoms with van der Waals surface area (Å²) < 4.78 is 6.13. The predicted octanol–water partition coefficient (Wildman–Crippen LogP) is 4.34. The highest BCUT2D eigenvalue weighted by molar-refractivity contribution is 6.74. The third-order valence-corrected chi connectivity index (χ3v) is 7.71. The first-order chi connectivity index (χ1) is 7.76. The smallest absolute Gasteiger partial charge is 0.250 e. The van der Waals surface area contributed by atoms with E-state index in [0.29, 0.717) is 0 Å². The molecule has 0 aliphatic heterocycles. The van der Waals surface area contributed by atoms with Crippen LogP contribution in [0.3, 0.4) is 0 Å². The molecular weight excluding hydrogens is 230 g/mol. The molecule has 1 aromatic rings. The van der Waals surface area contributed by atoms with Gasteiger partial charge in [-0.25, -0.2) is 0 Å². The quantitative estimate of drug-likeness (QED) is 0.590. The Morgan fingerprint density at radius 2 is 1.71 bits per heavy atom. The lowest BCUT2D eigenvalue weighted by Crippen LogP contribution is -2.43. The average Bonchev–Trinajstić information content (AvgIpc) is 2.19. The van der Waals surface area contributed by atoms with E-state index >= 15 is 0 Å². The molecule has 1 rings (SSSR count). The van der Waals surface area contributed by atoms with Crippen molar-refractivity contribution in [2.75, 3.05) is 0 Å². The fourth-order valence-electron chi connectivity index (χ4n) is 1.19. The minimum absolute atomic E-state index is 0.190. The van der Waals surface area contributed by atoms with Gasteiger partial charge in [0.25, 0.3) is 0 Å². The first-order valence-electron chi connectivity index (χ1n) is 5.83. The fraction of sp³-hybridized carbons (Fsp3) is 0.538. The lowest BCUT2D eigenvalue weighted by Gasteiger charge is -2.36. The van der Waals surface area contributed by atoms with Gasteiger partial charge in [-0.1, -0.05) is 38.1 Å². The van der Waals surface area contributed by atoms with Gasteiger partial charge in [-0.15, -0.1) is 0 Å². The summed E-state index contributed by atoms with van der Waals surface area (Å²) >= 11 is 0. The number of hydrogen-bond acceptors (Lipinski definition) is 3. The summed E-state index contributed by atoms with van der Waals surface area (Å²) in [6, 6.07) is 7.62. The second-order valence-corrected chi connectivity index (χ2v) is 10.5. The maximum atomic E-state index is 10.1. The van der Waals surface area contributed by atoms with Crippen LogP contribution in [0.5, 0.6) is 5.75 Å². The van der Waals surface area contributed by atoms with Gasteiger partial charge in [0.05, 0.1) is 0 Å². The highest BCUT2D eigenvalue weighted by Crippen LogP contribution is 2.37. The molecule has 0 aliphatic rings. The van der Waals surface area contributed by atoms with Gasteiger partial charge >= 0.3 is 0 Å². The summed E-state index contributed by atoms with van der Waals surface area (Å²) in [7, 11) is -1.77. The Morgan fingerprint density at radius 1 is 1.18 bits per heavy atom. The first kappa shape index (κ1) is 13.9. The summed E-state index contributed by atoms with van der Waals surface area (Å²) in [5, 5.41) is 3.06. The Bertz CT molecular complexity index is 379. The molecule has 0 amide bonds. The summed E-state index contributed by atoms with van der Waals surface area (Å²) in [6.07, 6.45) is 0. The molecule has 0 atom stereocenters. The molecule has 0 saturated carbocycles. The summed E-state index contributed by atoms with van der Waals surface area (Å²) in [5.74, 6) is 0.881. The standard InChI is InChI=1S/C13H21NO2Si/c1-13(2,3)17(4,5)16-12-8-6-11(7-9-12)10-14-15/h6-9H,10H2,1-5H3. The Morgan fingerprint density at radius 3 is 2.12 bits per heavy atom. The second kappa shape index (κ2) is 5.00. The van der Waals surface area contributed by atoms with Crippen LogP contribution in [-0.4, -0.2) is 8.32 Å². The van der Waals surface area contributed by atoms with Crippen molar-refractivity contribution in [3.8, 4) is 5.75 Å². The molecule has 0 aromatic heterocycles. The molecule has 4 heteroatoms. The average molecular weight is 251 g/mol. The van der Waals surface area contributed by atoms with Crippen molar-refractivity contribution in [3.05, 3.63) is 34.7 Å². The monoisotopic (exact) mass is 251 g/mol. The fourth-order valence-corrected chi connectivity index (χ4v) is 2.22. The highest BCUT2D eigenvalue weighted by atomic mass is 28.4. The highest BCUT2D eigenvalue weighted by Gasteiger charge is 2.38. The van der Waals surface area contributed by atoms with Crippen LogP contribution < -0.4 is 4.43 Å². The number of rotatable bonds is 4. The van der Waals surface area contributed by atoms with E-state index in [1.807, 2.05) is 24.3 Å². The van der Waals surface area contributed by atoms with Crippen LogP contribution in [0.15, 0.2) is 29.4 Å². The van der Waals surface area contributed by atoms with Gasteiger partial charge in [-0.3, -0.25) is 0 Å². The summed E-state index contributed by atoms with van der Waals surface area (Å²) in [6.45, 7) is 11.3. The second-order valence-electron chi connectivity index (χ2n) is 5.79. The van der Waals surface area contributed by atoms with Crippen molar-refractivity contribution in [1.82, 2.24) is 0 Å². The molecule has 0 spiro atoms. The van der Waals surface area contributed by atoms with E-state index < -0.39 is 8.32 Å². The van der Waals surface area contributed by atoms with E-state index in [1.54, 1.807) is 0 Å². The molecular formula is C13H21NO2Si.